The fraction of sp³-hybridized carbons (Fsp3) is 0.118. The van der Waals surface area contributed by atoms with Gasteiger partial charge in [-0.3, -0.25) is 4.79 Å². The number of Topliss-reactive ketones (excluding diaryl/α,β-unsaturated/α-hetero) is 1. The SMILES string of the molecule is COC(=O)C(NC(=O)Oc1ccccc1)C(=O)c1ccc(Cl)cc1. The molecule has 0 aromatic heterocycles. The third-order valence-electron chi connectivity index (χ3n) is 3.04. The molecule has 0 aliphatic rings. The molecule has 6 nitrogen and oxygen atoms in total. The van der Waals surface area contributed by atoms with Crippen LogP contribution in [0.25, 0.3) is 0 Å². The van der Waals surface area contributed by atoms with E-state index in [1.807, 2.05) is 0 Å². The summed E-state index contributed by atoms with van der Waals surface area (Å²) in [6, 6.07) is 12.6. The summed E-state index contributed by atoms with van der Waals surface area (Å²) in [6.07, 6.45) is -0.945. The first-order chi connectivity index (χ1) is 11.5. The van der Waals surface area contributed by atoms with Gasteiger partial charge in [0.1, 0.15) is 5.75 Å². The summed E-state index contributed by atoms with van der Waals surface area (Å²) < 4.78 is 9.59. The zero-order chi connectivity index (χ0) is 17.5. The van der Waals surface area contributed by atoms with Crippen LogP contribution >= 0.6 is 11.6 Å². The predicted octanol–water partition coefficient (Wildman–Crippen LogP) is 2.85. The number of halogens is 1. The van der Waals surface area contributed by atoms with Gasteiger partial charge in [-0.05, 0) is 36.4 Å². The van der Waals surface area contributed by atoms with Crippen LogP contribution in [0.15, 0.2) is 54.6 Å². The highest BCUT2D eigenvalue weighted by atomic mass is 35.5. The van der Waals surface area contributed by atoms with Crippen molar-refractivity contribution < 1.29 is 23.9 Å². The fourth-order valence-corrected chi connectivity index (χ4v) is 2.00. The Morgan fingerprint density at radius 1 is 1.00 bits per heavy atom. The Bertz CT molecular complexity index is 730. The van der Waals surface area contributed by atoms with E-state index in [2.05, 4.69) is 10.1 Å². The van der Waals surface area contributed by atoms with Gasteiger partial charge in [-0.2, -0.15) is 0 Å². The lowest BCUT2D eigenvalue weighted by Crippen LogP contribution is -2.48. The average molecular weight is 348 g/mol. The molecule has 0 saturated heterocycles. The van der Waals surface area contributed by atoms with Gasteiger partial charge >= 0.3 is 12.1 Å². The van der Waals surface area contributed by atoms with E-state index in [1.165, 1.54) is 24.3 Å². The number of carbonyl (C=O) groups excluding carboxylic acids is 3. The molecule has 1 amide bonds. The standard InChI is InChI=1S/C17H14ClNO5/c1-23-16(21)14(15(20)11-7-9-12(18)10-8-11)19-17(22)24-13-5-3-2-4-6-13/h2-10,14H,1H3,(H,19,22). The van der Waals surface area contributed by atoms with Crippen molar-refractivity contribution in [3.63, 3.8) is 0 Å². The maximum atomic E-state index is 12.4. The van der Waals surface area contributed by atoms with Crippen molar-refractivity contribution in [2.45, 2.75) is 6.04 Å². The third kappa shape index (κ3) is 4.57. The van der Waals surface area contributed by atoms with Gasteiger partial charge in [0, 0.05) is 10.6 Å². The second kappa shape index (κ2) is 8.12. The van der Waals surface area contributed by atoms with E-state index in [1.54, 1.807) is 30.3 Å². The molecule has 0 radical (unpaired) electrons. The zero-order valence-corrected chi connectivity index (χ0v) is 13.4. The monoisotopic (exact) mass is 347 g/mol. The molecule has 2 aromatic rings. The quantitative estimate of drug-likeness (QED) is 0.511. The summed E-state index contributed by atoms with van der Waals surface area (Å²) in [5, 5.41) is 2.65. The highest BCUT2D eigenvalue weighted by molar-refractivity contribution is 6.30. The van der Waals surface area contributed by atoms with E-state index in [9.17, 15) is 14.4 Å². The highest BCUT2D eigenvalue weighted by Gasteiger charge is 2.31. The van der Waals surface area contributed by atoms with Crippen molar-refractivity contribution in [2.75, 3.05) is 7.11 Å². The average Bonchev–Trinajstić information content (AvgIpc) is 2.60. The van der Waals surface area contributed by atoms with E-state index in [-0.39, 0.29) is 11.3 Å². The molecule has 124 valence electrons. The summed E-state index contributed by atoms with van der Waals surface area (Å²) in [7, 11) is 1.12. The number of para-hydroxylation sites is 1. The Balaban J connectivity index is 2.13. The molecule has 0 fully saturated rings. The van der Waals surface area contributed by atoms with E-state index in [4.69, 9.17) is 16.3 Å². The van der Waals surface area contributed by atoms with Crippen LogP contribution in [0.1, 0.15) is 10.4 Å². The van der Waals surface area contributed by atoms with Gasteiger partial charge in [0.2, 0.25) is 0 Å². The first kappa shape index (κ1) is 17.5. The summed E-state index contributed by atoms with van der Waals surface area (Å²) in [6.45, 7) is 0. The lowest BCUT2D eigenvalue weighted by Gasteiger charge is -2.15. The van der Waals surface area contributed by atoms with Gasteiger partial charge in [-0.15, -0.1) is 0 Å². The third-order valence-corrected chi connectivity index (χ3v) is 3.30. The van der Waals surface area contributed by atoms with E-state index in [0.29, 0.717) is 5.02 Å². The molecule has 0 heterocycles. The minimum absolute atomic E-state index is 0.204. The molecular weight excluding hydrogens is 334 g/mol. The van der Waals surface area contributed by atoms with Crippen LogP contribution < -0.4 is 10.1 Å². The number of hydrogen-bond donors (Lipinski definition) is 1. The Morgan fingerprint density at radius 2 is 1.62 bits per heavy atom. The van der Waals surface area contributed by atoms with Gasteiger partial charge in [-0.25, -0.2) is 9.59 Å². The van der Waals surface area contributed by atoms with Crippen molar-refractivity contribution in [3.05, 3.63) is 65.2 Å². The Kier molecular flexibility index (Phi) is 5.92. The fourth-order valence-electron chi connectivity index (χ4n) is 1.87. The lowest BCUT2D eigenvalue weighted by molar-refractivity contribution is -0.141. The van der Waals surface area contributed by atoms with Gasteiger partial charge < -0.3 is 14.8 Å². The molecule has 0 saturated carbocycles. The number of ether oxygens (including phenoxy) is 2. The van der Waals surface area contributed by atoms with E-state index < -0.39 is 23.9 Å². The van der Waals surface area contributed by atoms with Gasteiger partial charge in [-0.1, -0.05) is 29.8 Å². The van der Waals surface area contributed by atoms with E-state index in [0.717, 1.165) is 7.11 Å². The molecule has 0 bridgehead atoms. The number of amides is 1. The van der Waals surface area contributed by atoms with Crippen molar-refractivity contribution in [1.29, 1.82) is 0 Å². The Morgan fingerprint density at radius 3 is 2.21 bits per heavy atom. The van der Waals surface area contributed by atoms with Crippen LogP contribution in [0.2, 0.25) is 5.02 Å². The predicted molar refractivity (Wildman–Crippen MR) is 87.2 cm³/mol. The molecule has 1 N–H and O–H groups in total. The number of hydrogen-bond acceptors (Lipinski definition) is 5. The number of methoxy groups -OCH3 is 1. The van der Waals surface area contributed by atoms with Crippen molar-refractivity contribution in [2.24, 2.45) is 0 Å². The molecule has 7 heteroatoms. The lowest BCUT2D eigenvalue weighted by atomic mass is 10.0. The Labute approximate surface area is 143 Å². The number of nitrogens with one attached hydrogen (secondary N) is 1. The first-order valence-corrected chi connectivity index (χ1v) is 7.30. The van der Waals surface area contributed by atoms with Gasteiger partial charge in [0.25, 0.3) is 0 Å². The first-order valence-electron chi connectivity index (χ1n) is 6.92. The minimum Gasteiger partial charge on any atom is -0.467 e. The molecule has 0 aliphatic carbocycles. The second-order valence-corrected chi connectivity index (χ2v) is 5.11. The second-order valence-electron chi connectivity index (χ2n) is 4.67. The molecule has 2 aromatic carbocycles. The topological polar surface area (TPSA) is 81.7 Å². The molecule has 1 unspecified atom stereocenters. The van der Waals surface area contributed by atoms with Crippen LogP contribution in [0.4, 0.5) is 4.79 Å². The highest BCUT2D eigenvalue weighted by Crippen LogP contribution is 2.13. The normalized spacial score (nSPS) is 11.2. The molecule has 0 aliphatic heterocycles. The van der Waals surface area contributed by atoms with Crippen LogP contribution in [0, 0.1) is 0 Å². The summed E-state index contributed by atoms with van der Waals surface area (Å²) in [5.74, 6) is -1.26. The number of esters is 1. The Hall–Kier alpha value is -2.86. The molecule has 2 rings (SSSR count). The van der Waals surface area contributed by atoms with Crippen molar-refractivity contribution in [3.8, 4) is 5.75 Å². The van der Waals surface area contributed by atoms with Crippen LogP contribution in [0.3, 0.4) is 0 Å². The molecular formula is C17H14ClNO5. The van der Waals surface area contributed by atoms with Crippen LogP contribution in [-0.4, -0.2) is 31.0 Å². The van der Waals surface area contributed by atoms with Crippen LogP contribution in [0.5, 0.6) is 5.75 Å². The summed E-state index contributed by atoms with van der Waals surface area (Å²) in [5.41, 5.74) is 0.204. The molecule has 0 spiro atoms. The maximum absolute atomic E-state index is 12.4. The van der Waals surface area contributed by atoms with Crippen molar-refractivity contribution in [1.82, 2.24) is 5.32 Å². The minimum atomic E-state index is -1.52. The molecule has 24 heavy (non-hydrogen) atoms. The van der Waals surface area contributed by atoms with Gasteiger partial charge in [0.15, 0.2) is 11.8 Å². The largest absolute Gasteiger partial charge is 0.467 e. The maximum Gasteiger partial charge on any atom is 0.413 e. The van der Waals surface area contributed by atoms with Gasteiger partial charge in [0.05, 0.1) is 7.11 Å². The van der Waals surface area contributed by atoms with Crippen LogP contribution in [-0.2, 0) is 9.53 Å². The number of rotatable bonds is 5. The number of carbonyl (C=O) groups is 3. The summed E-state index contributed by atoms with van der Waals surface area (Å²) >= 11 is 5.77. The molecule has 1 atom stereocenters. The number of ketones is 1. The smallest absolute Gasteiger partial charge is 0.413 e. The van der Waals surface area contributed by atoms with Crippen molar-refractivity contribution >= 4 is 29.4 Å². The zero-order valence-electron chi connectivity index (χ0n) is 12.7. The summed E-state index contributed by atoms with van der Waals surface area (Å²) in [4.78, 5) is 36.2. The van der Waals surface area contributed by atoms with E-state index >= 15 is 0 Å². The number of benzene rings is 2.